The molecular formula is C25H28ClNO2S. The van der Waals surface area contributed by atoms with Crippen LogP contribution in [-0.2, 0) is 6.42 Å². The van der Waals surface area contributed by atoms with Gasteiger partial charge in [-0.2, -0.15) is 0 Å². The summed E-state index contributed by atoms with van der Waals surface area (Å²) < 4.78 is 5.84. The maximum absolute atomic E-state index is 10.3. The fourth-order valence-corrected chi connectivity index (χ4v) is 4.08. The van der Waals surface area contributed by atoms with Crippen molar-refractivity contribution in [3.05, 3.63) is 95.0 Å². The Morgan fingerprint density at radius 3 is 2.50 bits per heavy atom. The predicted octanol–water partition coefficient (Wildman–Crippen LogP) is 5.77. The molecule has 0 aliphatic heterocycles. The normalized spacial score (nSPS) is 13.0. The van der Waals surface area contributed by atoms with Gasteiger partial charge in [0, 0.05) is 28.3 Å². The molecule has 3 aromatic rings. The second-order valence-electron chi connectivity index (χ2n) is 7.24. The van der Waals surface area contributed by atoms with Crippen molar-refractivity contribution in [1.82, 2.24) is 5.32 Å². The average Bonchev–Trinajstić information content (AvgIpc) is 2.77. The van der Waals surface area contributed by atoms with E-state index in [2.05, 4.69) is 48.6 Å². The number of ether oxygens (including phenoxy) is 1. The van der Waals surface area contributed by atoms with Gasteiger partial charge in [0.25, 0.3) is 0 Å². The van der Waals surface area contributed by atoms with Crippen molar-refractivity contribution in [3.63, 3.8) is 0 Å². The van der Waals surface area contributed by atoms with Gasteiger partial charge in [-0.15, -0.1) is 11.8 Å². The van der Waals surface area contributed by atoms with Crippen LogP contribution in [0.2, 0.25) is 5.02 Å². The first-order valence-corrected chi connectivity index (χ1v) is 11.5. The zero-order valence-electron chi connectivity index (χ0n) is 17.1. The highest BCUT2D eigenvalue weighted by Gasteiger charge is 2.10. The summed E-state index contributed by atoms with van der Waals surface area (Å²) in [7, 11) is 0. The van der Waals surface area contributed by atoms with E-state index in [-0.39, 0.29) is 6.04 Å². The third-order valence-corrected chi connectivity index (χ3v) is 5.93. The van der Waals surface area contributed by atoms with E-state index >= 15 is 0 Å². The molecular weight excluding hydrogens is 414 g/mol. The lowest BCUT2D eigenvalue weighted by Gasteiger charge is -2.18. The molecule has 0 saturated carbocycles. The fraction of sp³-hybridized carbons (Fsp3) is 0.280. The van der Waals surface area contributed by atoms with Crippen LogP contribution >= 0.6 is 23.4 Å². The van der Waals surface area contributed by atoms with Crippen LogP contribution < -0.4 is 10.1 Å². The summed E-state index contributed by atoms with van der Waals surface area (Å²) in [5.41, 5.74) is 2.06. The zero-order valence-corrected chi connectivity index (χ0v) is 18.7. The van der Waals surface area contributed by atoms with Crippen LogP contribution in [0.5, 0.6) is 5.75 Å². The smallest absolute Gasteiger partial charge is 0.119 e. The number of aliphatic hydroxyl groups excluding tert-OH is 1. The Hall–Kier alpha value is -1.98. The van der Waals surface area contributed by atoms with Crippen molar-refractivity contribution in [2.45, 2.75) is 30.4 Å². The largest absolute Gasteiger partial charge is 0.493 e. The summed E-state index contributed by atoms with van der Waals surface area (Å²) in [5.74, 6) is 1.81. The lowest BCUT2D eigenvalue weighted by molar-refractivity contribution is 0.170. The van der Waals surface area contributed by atoms with E-state index in [0.717, 1.165) is 23.5 Å². The highest BCUT2D eigenvalue weighted by Crippen LogP contribution is 2.19. The van der Waals surface area contributed by atoms with E-state index in [1.807, 2.05) is 36.4 Å². The van der Waals surface area contributed by atoms with Gasteiger partial charge in [-0.25, -0.2) is 0 Å². The molecule has 2 unspecified atom stereocenters. The Bertz CT molecular complexity index is 889. The van der Waals surface area contributed by atoms with Crippen LogP contribution in [0.15, 0.2) is 83.8 Å². The van der Waals surface area contributed by atoms with Gasteiger partial charge in [0.05, 0.1) is 12.7 Å². The summed E-state index contributed by atoms with van der Waals surface area (Å²) in [5, 5.41) is 14.4. The Morgan fingerprint density at radius 2 is 1.77 bits per heavy atom. The van der Waals surface area contributed by atoms with Gasteiger partial charge in [0.15, 0.2) is 0 Å². The molecule has 5 heteroatoms. The summed E-state index contributed by atoms with van der Waals surface area (Å²) in [6, 6.07) is 26.2. The Labute approximate surface area is 188 Å². The van der Waals surface area contributed by atoms with Crippen LogP contribution in [0.1, 0.15) is 24.2 Å². The van der Waals surface area contributed by atoms with Crippen molar-refractivity contribution >= 4 is 23.4 Å². The molecule has 0 aliphatic rings. The highest BCUT2D eigenvalue weighted by atomic mass is 35.5. The van der Waals surface area contributed by atoms with Crippen LogP contribution in [0.25, 0.3) is 0 Å². The van der Waals surface area contributed by atoms with E-state index in [4.69, 9.17) is 16.3 Å². The highest BCUT2D eigenvalue weighted by molar-refractivity contribution is 7.99. The minimum absolute atomic E-state index is 0.243. The fourth-order valence-electron chi connectivity index (χ4n) is 3.13. The third-order valence-electron chi connectivity index (χ3n) is 4.72. The average molecular weight is 442 g/mol. The number of rotatable bonds is 11. The molecule has 0 fully saturated rings. The summed E-state index contributed by atoms with van der Waals surface area (Å²) >= 11 is 7.79. The molecule has 2 atom stereocenters. The second kappa shape index (κ2) is 12.0. The lowest BCUT2D eigenvalue weighted by Crippen LogP contribution is -2.32. The number of hydrogen-bond donors (Lipinski definition) is 2. The van der Waals surface area contributed by atoms with Crippen LogP contribution in [-0.4, -0.2) is 30.1 Å². The van der Waals surface area contributed by atoms with Crippen molar-refractivity contribution in [1.29, 1.82) is 0 Å². The van der Waals surface area contributed by atoms with E-state index in [1.54, 1.807) is 17.8 Å². The number of benzene rings is 3. The van der Waals surface area contributed by atoms with E-state index in [9.17, 15) is 5.11 Å². The maximum atomic E-state index is 10.3. The lowest BCUT2D eigenvalue weighted by atomic mass is 10.1. The first-order valence-electron chi connectivity index (χ1n) is 10.2. The molecule has 0 amide bonds. The SMILES string of the molecule is CC(Cc1ccc(OCCSc2ccccc2)cc1)NCC(O)c1cccc(Cl)c1. The van der Waals surface area contributed by atoms with Gasteiger partial charge < -0.3 is 15.2 Å². The van der Waals surface area contributed by atoms with Gasteiger partial charge in [0.2, 0.25) is 0 Å². The molecule has 0 aromatic heterocycles. The minimum atomic E-state index is -0.573. The van der Waals surface area contributed by atoms with Gasteiger partial charge in [-0.1, -0.05) is 54.1 Å². The molecule has 2 N–H and O–H groups in total. The first kappa shape index (κ1) is 22.7. The molecule has 0 radical (unpaired) electrons. The van der Waals surface area contributed by atoms with Gasteiger partial charge in [-0.3, -0.25) is 0 Å². The quantitative estimate of drug-likeness (QED) is 0.293. The van der Waals surface area contributed by atoms with Crippen molar-refractivity contribution in [2.75, 3.05) is 18.9 Å². The van der Waals surface area contributed by atoms with E-state index in [1.165, 1.54) is 10.5 Å². The molecule has 0 heterocycles. The summed E-state index contributed by atoms with van der Waals surface area (Å²) in [6.45, 7) is 3.29. The van der Waals surface area contributed by atoms with Gasteiger partial charge >= 0.3 is 0 Å². The Morgan fingerprint density at radius 1 is 1.00 bits per heavy atom. The number of hydrogen-bond acceptors (Lipinski definition) is 4. The van der Waals surface area contributed by atoms with E-state index < -0.39 is 6.10 Å². The minimum Gasteiger partial charge on any atom is -0.493 e. The third kappa shape index (κ3) is 7.69. The molecule has 0 aliphatic carbocycles. The maximum Gasteiger partial charge on any atom is 0.119 e. The molecule has 0 spiro atoms. The predicted molar refractivity (Wildman–Crippen MR) is 127 cm³/mol. The van der Waals surface area contributed by atoms with Crippen LogP contribution in [0.3, 0.4) is 0 Å². The number of halogens is 1. The second-order valence-corrected chi connectivity index (χ2v) is 8.84. The first-order chi connectivity index (χ1) is 14.6. The molecule has 0 saturated heterocycles. The zero-order chi connectivity index (χ0) is 21.2. The standard InChI is InChI=1S/C25H28ClNO2S/c1-19(27-18-25(28)21-6-5-7-22(26)17-21)16-20-10-12-23(13-11-20)29-14-15-30-24-8-3-2-4-9-24/h2-13,17,19,25,27-28H,14-16,18H2,1H3. The molecule has 158 valence electrons. The summed E-state index contributed by atoms with van der Waals surface area (Å²) in [4.78, 5) is 1.26. The van der Waals surface area contributed by atoms with Crippen molar-refractivity contribution in [3.8, 4) is 5.75 Å². The number of thioether (sulfide) groups is 1. The summed E-state index contributed by atoms with van der Waals surface area (Å²) in [6.07, 6.45) is 0.308. The van der Waals surface area contributed by atoms with Crippen LogP contribution in [0.4, 0.5) is 0 Å². The number of nitrogens with one attached hydrogen (secondary N) is 1. The van der Waals surface area contributed by atoms with Crippen LogP contribution in [0, 0.1) is 0 Å². The number of aliphatic hydroxyl groups is 1. The van der Waals surface area contributed by atoms with E-state index in [0.29, 0.717) is 18.2 Å². The van der Waals surface area contributed by atoms with Gasteiger partial charge in [-0.05, 0) is 60.9 Å². The molecule has 3 aromatic carbocycles. The molecule has 0 bridgehead atoms. The Kier molecular flexibility index (Phi) is 9.09. The molecule has 3 nitrogen and oxygen atoms in total. The Balaban J connectivity index is 1.37. The van der Waals surface area contributed by atoms with Crippen molar-refractivity contribution < 1.29 is 9.84 Å². The topological polar surface area (TPSA) is 41.5 Å². The molecule has 30 heavy (non-hydrogen) atoms. The van der Waals surface area contributed by atoms with Gasteiger partial charge in [0.1, 0.15) is 5.75 Å². The molecule has 3 rings (SSSR count). The monoisotopic (exact) mass is 441 g/mol. The van der Waals surface area contributed by atoms with Crippen molar-refractivity contribution in [2.24, 2.45) is 0 Å².